The number of rotatable bonds is 4. The average molecular weight is 168 g/mol. The molecular weight excluding hydrogens is 144 g/mol. The third kappa shape index (κ3) is 1.11. The van der Waals surface area contributed by atoms with Crippen molar-refractivity contribution in [1.82, 2.24) is 0 Å². The van der Waals surface area contributed by atoms with E-state index in [2.05, 4.69) is 34.6 Å². The van der Waals surface area contributed by atoms with Crippen LogP contribution in [-0.2, 0) is 0 Å². The highest BCUT2D eigenvalue weighted by Crippen LogP contribution is 2.71. The smallest absolute Gasteiger partial charge is 0.0215 e. The third-order valence-electron chi connectivity index (χ3n) is 4.75. The van der Waals surface area contributed by atoms with Crippen LogP contribution in [-0.4, -0.2) is 0 Å². The molecule has 0 saturated heterocycles. The van der Waals surface area contributed by atoms with Gasteiger partial charge in [0.15, 0.2) is 0 Å². The Hall–Kier alpha value is 0. The Labute approximate surface area is 77.7 Å². The summed E-state index contributed by atoms with van der Waals surface area (Å²) < 4.78 is 0. The Bertz CT molecular complexity index is 161. The molecule has 0 spiro atoms. The summed E-state index contributed by atoms with van der Waals surface area (Å²) in [5.74, 6) is 0.924. The fourth-order valence-electron chi connectivity index (χ4n) is 3.19. The van der Waals surface area contributed by atoms with Gasteiger partial charge in [0.25, 0.3) is 0 Å². The zero-order valence-electron chi connectivity index (χ0n) is 9.41. The van der Waals surface area contributed by atoms with Crippen LogP contribution < -0.4 is 0 Å². The predicted molar refractivity (Wildman–Crippen MR) is 55.2 cm³/mol. The average Bonchev–Trinajstić information content (AvgIpc) is 2.73. The van der Waals surface area contributed by atoms with E-state index >= 15 is 0 Å². The molecule has 0 aromatic heterocycles. The Morgan fingerprint density at radius 1 is 1.17 bits per heavy atom. The lowest BCUT2D eigenvalue weighted by Gasteiger charge is -2.26. The lowest BCUT2D eigenvalue weighted by atomic mass is 9.78. The van der Waals surface area contributed by atoms with E-state index in [-0.39, 0.29) is 0 Å². The highest BCUT2D eigenvalue weighted by molar-refractivity contribution is 5.12. The van der Waals surface area contributed by atoms with Crippen molar-refractivity contribution in [2.75, 3.05) is 0 Å². The van der Waals surface area contributed by atoms with Gasteiger partial charge in [-0.05, 0) is 29.6 Å². The number of hydrogen-bond acceptors (Lipinski definition) is 0. The Balaban J connectivity index is 2.70. The maximum atomic E-state index is 2.47. The summed E-state index contributed by atoms with van der Waals surface area (Å²) in [5.41, 5.74) is 1.38. The van der Waals surface area contributed by atoms with Crippen molar-refractivity contribution >= 4 is 0 Å². The normalized spacial score (nSPS) is 42.8. The zero-order chi connectivity index (χ0) is 9.41. The molecule has 1 fully saturated rings. The molecule has 0 bridgehead atoms. The van der Waals surface area contributed by atoms with Crippen LogP contribution in [0, 0.1) is 16.7 Å². The van der Waals surface area contributed by atoms with Gasteiger partial charge in [-0.3, -0.25) is 0 Å². The van der Waals surface area contributed by atoms with Crippen LogP contribution in [0.5, 0.6) is 0 Å². The molecule has 0 radical (unpaired) electrons. The quantitative estimate of drug-likeness (QED) is 0.588. The molecular formula is C12H24. The van der Waals surface area contributed by atoms with Crippen LogP contribution in [0.25, 0.3) is 0 Å². The Morgan fingerprint density at radius 2 is 1.75 bits per heavy atom. The van der Waals surface area contributed by atoms with E-state index < -0.39 is 0 Å². The van der Waals surface area contributed by atoms with Crippen LogP contribution in [0.15, 0.2) is 0 Å². The van der Waals surface area contributed by atoms with Crippen molar-refractivity contribution in [3.8, 4) is 0 Å². The van der Waals surface area contributed by atoms with Gasteiger partial charge in [0.2, 0.25) is 0 Å². The van der Waals surface area contributed by atoms with Gasteiger partial charge in [0.1, 0.15) is 0 Å². The second kappa shape index (κ2) is 3.05. The van der Waals surface area contributed by atoms with Gasteiger partial charge in [-0.25, -0.2) is 0 Å². The van der Waals surface area contributed by atoms with E-state index in [1.807, 2.05) is 0 Å². The van der Waals surface area contributed by atoms with E-state index in [0.717, 1.165) is 5.92 Å². The van der Waals surface area contributed by atoms with Crippen molar-refractivity contribution in [2.45, 2.75) is 60.3 Å². The molecule has 0 aromatic carbocycles. The van der Waals surface area contributed by atoms with E-state index in [1.165, 1.54) is 25.7 Å². The maximum absolute atomic E-state index is 2.47. The second-order valence-corrected chi connectivity index (χ2v) is 4.91. The minimum atomic E-state index is 0.678. The molecule has 0 nitrogen and oxygen atoms in total. The van der Waals surface area contributed by atoms with Crippen LogP contribution in [0.1, 0.15) is 60.3 Å². The minimum Gasteiger partial charge on any atom is -0.0651 e. The lowest BCUT2D eigenvalue weighted by Crippen LogP contribution is -2.18. The summed E-state index contributed by atoms with van der Waals surface area (Å²) >= 11 is 0. The van der Waals surface area contributed by atoms with Crippen molar-refractivity contribution in [3.05, 3.63) is 0 Å². The minimum absolute atomic E-state index is 0.678. The first-order valence-electron chi connectivity index (χ1n) is 5.56. The highest BCUT2D eigenvalue weighted by Gasteiger charge is 2.63. The number of hydrogen-bond donors (Lipinski definition) is 0. The largest absolute Gasteiger partial charge is 0.0651 e. The molecule has 0 N–H and O–H groups in total. The molecule has 0 aromatic rings. The molecule has 0 aliphatic heterocycles. The van der Waals surface area contributed by atoms with E-state index in [4.69, 9.17) is 0 Å². The van der Waals surface area contributed by atoms with Crippen molar-refractivity contribution in [1.29, 1.82) is 0 Å². The molecule has 1 aliphatic rings. The summed E-state index contributed by atoms with van der Waals surface area (Å²) in [6.45, 7) is 12.0. The summed E-state index contributed by atoms with van der Waals surface area (Å²) in [7, 11) is 0. The van der Waals surface area contributed by atoms with Crippen LogP contribution in [0.3, 0.4) is 0 Å². The molecule has 0 heteroatoms. The molecule has 72 valence electrons. The molecule has 0 amide bonds. The molecule has 3 unspecified atom stereocenters. The first kappa shape index (κ1) is 10.1. The first-order valence-corrected chi connectivity index (χ1v) is 5.56. The summed E-state index contributed by atoms with van der Waals surface area (Å²) in [5, 5.41) is 0. The van der Waals surface area contributed by atoms with Gasteiger partial charge < -0.3 is 0 Å². The maximum Gasteiger partial charge on any atom is -0.0215 e. The standard InChI is InChI=1S/C12H24/c1-6-10(4)12(8-3)9-11(12,5)7-2/h10H,6-9H2,1-5H3. The van der Waals surface area contributed by atoms with E-state index in [9.17, 15) is 0 Å². The summed E-state index contributed by atoms with van der Waals surface area (Å²) in [6, 6.07) is 0. The Kier molecular flexibility index (Phi) is 2.56. The molecule has 1 saturated carbocycles. The summed E-state index contributed by atoms with van der Waals surface area (Å²) in [4.78, 5) is 0. The monoisotopic (exact) mass is 168 g/mol. The van der Waals surface area contributed by atoms with Crippen LogP contribution in [0.2, 0.25) is 0 Å². The fraction of sp³-hybridized carbons (Fsp3) is 1.00. The third-order valence-corrected chi connectivity index (χ3v) is 4.75. The van der Waals surface area contributed by atoms with Crippen LogP contribution >= 0.6 is 0 Å². The van der Waals surface area contributed by atoms with Crippen molar-refractivity contribution in [2.24, 2.45) is 16.7 Å². The van der Waals surface area contributed by atoms with Gasteiger partial charge in [-0.15, -0.1) is 0 Å². The van der Waals surface area contributed by atoms with Gasteiger partial charge in [0.05, 0.1) is 0 Å². The van der Waals surface area contributed by atoms with Gasteiger partial charge in [-0.2, -0.15) is 0 Å². The van der Waals surface area contributed by atoms with Gasteiger partial charge in [0, 0.05) is 0 Å². The summed E-state index contributed by atoms with van der Waals surface area (Å²) in [6.07, 6.45) is 5.57. The molecule has 1 aliphatic carbocycles. The predicted octanol–water partition coefficient (Wildman–Crippen LogP) is 4.25. The van der Waals surface area contributed by atoms with Crippen LogP contribution in [0.4, 0.5) is 0 Å². The molecule has 12 heavy (non-hydrogen) atoms. The Morgan fingerprint density at radius 3 is 2.00 bits per heavy atom. The van der Waals surface area contributed by atoms with E-state index in [1.54, 1.807) is 0 Å². The molecule has 3 atom stereocenters. The second-order valence-electron chi connectivity index (χ2n) is 4.91. The highest BCUT2D eigenvalue weighted by atomic mass is 14.7. The topological polar surface area (TPSA) is 0 Å². The zero-order valence-corrected chi connectivity index (χ0v) is 9.41. The van der Waals surface area contributed by atoms with Gasteiger partial charge in [-0.1, -0.05) is 47.5 Å². The van der Waals surface area contributed by atoms with Crippen molar-refractivity contribution in [3.63, 3.8) is 0 Å². The molecule has 0 heterocycles. The fourth-order valence-corrected chi connectivity index (χ4v) is 3.19. The van der Waals surface area contributed by atoms with Crippen molar-refractivity contribution < 1.29 is 0 Å². The SMILES string of the molecule is CCC(C)C1(CC)CC1(C)CC. The molecule has 1 rings (SSSR count). The van der Waals surface area contributed by atoms with Gasteiger partial charge >= 0.3 is 0 Å². The lowest BCUT2D eigenvalue weighted by molar-refractivity contribution is 0.229. The van der Waals surface area contributed by atoms with E-state index in [0.29, 0.717) is 10.8 Å². The first-order chi connectivity index (χ1) is 5.56.